The van der Waals surface area contributed by atoms with E-state index in [-0.39, 0.29) is 41.3 Å². The molecule has 2 atom stereocenters. The Labute approximate surface area is 200 Å². The van der Waals surface area contributed by atoms with E-state index in [1.165, 1.54) is 12.1 Å². The zero-order valence-electron chi connectivity index (χ0n) is 19.4. The lowest BCUT2D eigenvalue weighted by molar-refractivity contribution is -0.136. The molecular formula is C26H27F3N2O4. The largest absolute Gasteiger partial charge is 0.493 e. The molecule has 0 unspecified atom stereocenters. The molecule has 0 bridgehead atoms. The molecule has 1 N–H and O–H groups in total. The van der Waals surface area contributed by atoms with E-state index in [9.17, 15) is 18.0 Å². The molecule has 1 saturated carbocycles. The molecule has 1 aliphatic carbocycles. The minimum atomic E-state index is -4.53. The fraction of sp³-hybridized carbons (Fsp3) is 0.462. The van der Waals surface area contributed by atoms with Gasteiger partial charge >= 0.3 is 6.18 Å². The molecule has 5 rings (SSSR count). The van der Waals surface area contributed by atoms with Crippen molar-refractivity contribution in [3.05, 3.63) is 53.4 Å². The Bertz CT molecular complexity index is 1220. The van der Waals surface area contributed by atoms with E-state index < -0.39 is 17.7 Å². The Morgan fingerprint density at radius 3 is 2.69 bits per heavy atom. The summed E-state index contributed by atoms with van der Waals surface area (Å²) >= 11 is 0. The number of para-hydroxylation sites is 1. The van der Waals surface area contributed by atoms with Gasteiger partial charge in [0.25, 0.3) is 0 Å². The Hall–Kier alpha value is -3.23. The topological polar surface area (TPSA) is 73.6 Å². The SMILES string of the molecule is COc1ccc([C@H]2CNC(=O)[C@@H](Cc3nc4c(C(F)(F)F)cccc4o3)C2)cc1OC1CCCC1. The molecule has 2 aromatic carbocycles. The number of carbonyl (C=O) groups excluding carboxylic acids is 1. The van der Waals surface area contributed by atoms with E-state index in [0.717, 1.165) is 37.3 Å². The second kappa shape index (κ2) is 9.43. The number of rotatable bonds is 6. The number of amides is 1. The van der Waals surface area contributed by atoms with Gasteiger partial charge in [0.2, 0.25) is 5.91 Å². The Kier molecular flexibility index (Phi) is 6.34. The van der Waals surface area contributed by atoms with Gasteiger partial charge in [-0.1, -0.05) is 12.1 Å². The zero-order valence-corrected chi connectivity index (χ0v) is 19.4. The van der Waals surface area contributed by atoms with E-state index in [1.54, 1.807) is 7.11 Å². The highest BCUT2D eigenvalue weighted by Crippen LogP contribution is 2.38. The number of alkyl halides is 3. The van der Waals surface area contributed by atoms with Gasteiger partial charge in [-0.3, -0.25) is 4.79 Å². The fourth-order valence-corrected chi connectivity index (χ4v) is 5.08. The van der Waals surface area contributed by atoms with Crippen molar-refractivity contribution in [2.24, 2.45) is 5.92 Å². The number of ether oxygens (including phenoxy) is 2. The van der Waals surface area contributed by atoms with Crippen molar-refractivity contribution in [3.8, 4) is 11.5 Å². The van der Waals surface area contributed by atoms with Gasteiger partial charge in [0, 0.05) is 24.8 Å². The third-order valence-electron chi connectivity index (χ3n) is 6.91. The van der Waals surface area contributed by atoms with Crippen LogP contribution < -0.4 is 14.8 Å². The molecule has 9 heteroatoms. The molecule has 2 fully saturated rings. The summed E-state index contributed by atoms with van der Waals surface area (Å²) in [6.45, 7) is 0.469. The number of methoxy groups -OCH3 is 1. The summed E-state index contributed by atoms with van der Waals surface area (Å²) in [5, 5.41) is 2.93. The first kappa shape index (κ1) is 23.5. The maximum atomic E-state index is 13.3. The number of piperidine rings is 1. The van der Waals surface area contributed by atoms with Gasteiger partial charge in [-0.25, -0.2) is 4.98 Å². The number of hydrogen-bond acceptors (Lipinski definition) is 5. The van der Waals surface area contributed by atoms with Gasteiger partial charge in [0.05, 0.1) is 18.8 Å². The standard InChI is InChI=1S/C26H27F3N2O4/c1-33-20-10-9-15(12-22(20)34-18-5-2-3-6-18)17-11-16(25(32)30-14-17)13-23-31-24-19(26(27,28)29)7-4-8-21(24)35-23/h4,7-10,12,16-18H,2-3,5-6,11,13-14H2,1H3,(H,30,32)/t16-,17-/m1/s1. The highest BCUT2D eigenvalue weighted by atomic mass is 19.4. The molecule has 6 nitrogen and oxygen atoms in total. The molecule has 1 amide bonds. The van der Waals surface area contributed by atoms with Crippen molar-refractivity contribution in [1.29, 1.82) is 0 Å². The van der Waals surface area contributed by atoms with E-state index in [0.29, 0.717) is 24.5 Å². The summed E-state index contributed by atoms with van der Waals surface area (Å²) in [4.78, 5) is 16.7. The summed E-state index contributed by atoms with van der Waals surface area (Å²) in [7, 11) is 1.61. The summed E-state index contributed by atoms with van der Waals surface area (Å²) in [5.74, 6) is 0.878. The van der Waals surface area contributed by atoms with Crippen molar-refractivity contribution >= 4 is 17.0 Å². The minimum Gasteiger partial charge on any atom is -0.493 e. The number of hydrogen-bond donors (Lipinski definition) is 1. The van der Waals surface area contributed by atoms with Crippen LogP contribution >= 0.6 is 0 Å². The van der Waals surface area contributed by atoms with Gasteiger partial charge in [-0.2, -0.15) is 13.2 Å². The molecule has 1 aromatic heterocycles. The summed E-state index contributed by atoms with van der Waals surface area (Å²) in [6, 6.07) is 9.55. The van der Waals surface area contributed by atoms with Crippen LogP contribution in [0.5, 0.6) is 11.5 Å². The van der Waals surface area contributed by atoms with Gasteiger partial charge in [-0.15, -0.1) is 0 Å². The lowest BCUT2D eigenvalue weighted by Crippen LogP contribution is -2.41. The number of fused-ring (bicyclic) bond motifs is 1. The molecule has 3 aromatic rings. The lowest BCUT2D eigenvalue weighted by Gasteiger charge is -2.29. The smallest absolute Gasteiger partial charge is 0.418 e. The van der Waals surface area contributed by atoms with Crippen LogP contribution in [0.1, 0.15) is 55.0 Å². The van der Waals surface area contributed by atoms with Crippen molar-refractivity contribution in [2.45, 2.75) is 56.7 Å². The second-order valence-corrected chi connectivity index (χ2v) is 9.27. The van der Waals surface area contributed by atoms with Gasteiger partial charge in [0.1, 0.15) is 5.52 Å². The molecule has 2 heterocycles. The molecular weight excluding hydrogens is 461 g/mol. The molecule has 0 spiro atoms. The minimum absolute atomic E-state index is 0.0182. The predicted octanol–water partition coefficient (Wildman–Crippen LogP) is 5.64. The number of nitrogens with zero attached hydrogens (tertiary/aromatic N) is 1. The van der Waals surface area contributed by atoms with Crippen LogP contribution in [0, 0.1) is 5.92 Å². The Balaban J connectivity index is 1.35. The van der Waals surface area contributed by atoms with E-state index >= 15 is 0 Å². The number of halogens is 3. The van der Waals surface area contributed by atoms with E-state index in [1.807, 2.05) is 18.2 Å². The Morgan fingerprint density at radius 2 is 1.94 bits per heavy atom. The van der Waals surface area contributed by atoms with E-state index in [2.05, 4.69) is 10.3 Å². The summed E-state index contributed by atoms with van der Waals surface area (Å²) in [6.07, 6.45) is 0.645. The molecule has 1 aliphatic heterocycles. The van der Waals surface area contributed by atoms with Crippen molar-refractivity contribution < 1.29 is 31.9 Å². The van der Waals surface area contributed by atoms with Crippen LogP contribution in [0.4, 0.5) is 13.2 Å². The van der Waals surface area contributed by atoms with Crippen LogP contribution in [0.15, 0.2) is 40.8 Å². The van der Waals surface area contributed by atoms with Gasteiger partial charge in [-0.05, 0) is 61.9 Å². The fourth-order valence-electron chi connectivity index (χ4n) is 5.08. The first-order valence-electron chi connectivity index (χ1n) is 11.9. The second-order valence-electron chi connectivity index (χ2n) is 9.27. The summed E-state index contributed by atoms with van der Waals surface area (Å²) < 4.78 is 57.3. The molecule has 0 radical (unpaired) electrons. The maximum absolute atomic E-state index is 13.3. The first-order valence-corrected chi connectivity index (χ1v) is 11.9. The number of benzene rings is 2. The van der Waals surface area contributed by atoms with Crippen LogP contribution in [0.25, 0.3) is 11.1 Å². The van der Waals surface area contributed by atoms with Crippen molar-refractivity contribution in [2.75, 3.05) is 13.7 Å². The van der Waals surface area contributed by atoms with Crippen molar-refractivity contribution in [3.63, 3.8) is 0 Å². The average molecular weight is 489 g/mol. The average Bonchev–Trinajstić information content (AvgIpc) is 3.49. The highest BCUT2D eigenvalue weighted by Gasteiger charge is 2.35. The quantitative estimate of drug-likeness (QED) is 0.486. The van der Waals surface area contributed by atoms with Crippen LogP contribution in [0.2, 0.25) is 0 Å². The van der Waals surface area contributed by atoms with Crippen LogP contribution in [-0.2, 0) is 17.4 Å². The van der Waals surface area contributed by atoms with Gasteiger partial charge < -0.3 is 19.2 Å². The first-order chi connectivity index (χ1) is 16.8. The number of aromatic nitrogens is 1. The highest BCUT2D eigenvalue weighted by molar-refractivity contribution is 5.80. The van der Waals surface area contributed by atoms with Gasteiger partial charge in [0.15, 0.2) is 23.0 Å². The van der Waals surface area contributed by atoms with Crippen LogP contribution in [0.3, 0.4) is 0 Å². The molecule has 2 aliphatic rings. The van der Waals surface area contributed by atoms with E-state index in [4.69, 9.17) is 13.9 Å². The molecule has 35 heavy (non-hydrogen) atoms. The normalized spacial score (nSPS) is 21.3. The maximum Gasteiger partial charge on any atom is 0.418 e. The third-order valence-corrected chi connectivity index (χ3v) is 6.91. The number of nitrogens with one attached hydrogen (secondary N) is 1. The summed E-state index contributed by atoms with van der Waals surface area (Å²) in [5.41, 5.74) is 0.00259. The monoisotopic (exact) mass is 488 g/mol. The zero-order chi connectivity index (χ0) is 24.6. The Morgan fingerprint density at radius 1 is 1.14 bits per heavy atom. The number of oxazole rings is 1. The third kappa shape index (κ3) is 4.94. The van der Waals surface area contributed by atoms with Crippen molar-refractivity contribution in [1.82, 2.24) is 10.3 Å². The molecule has 1 saturated heterocycles. The molecule has 186 valence electrons. The van der Waals surface area contributed by atoms with Crippen LogP contribution in [-0.4, -0.2) is 30.6 Å². The predicted molar refractivity (Wildman–Crippen MR) is 122 cm³/mol. The number of carbonyl (C=O) groups is 1. The lowest BCUT2D eigenvalue weighted by atomic mass is 9.83.